The van der Waals surface area contributed by atoms with Gasteiger partial charge in [0.25, 0.3) is 0 Å². The summed E-state index contributed by atoms with van der Waals surface area (Å²) in [4.78, 5) is 7.51. The first-order valence-corrected chi connectivity index (χ1v) is 8.75. The molecule has 0 amide bonds. The number of nitriles is 1. The number of quaternary nitrogens is 1. The summed E-state index contributed by atoms with van der Waals surface area (Å²) >= 11 is 6.75. The molecule has 0 aliphatic heterocycles. The number of fused-ring (bicyclic) bond motifs is 2. The number of benzene rings is 2. The highest BCUT2D eigenvalue weighted by Gasteiger charge is 2.12. The van der Waals surface area contributed by atoms with Crippen molar-refractivity contribution in [3.63, 3.8) is 0 Å². The predicted molar refractivity (Wildman–Crippen MR) is 102 cm³/mol. The summed E-state index contributed by atoms with van der Waals surface area (Å²) in [6, 6.07) is 14.5. The lowest BCUT2D eigenvalue weighted by atomic mass is 10.2. The second-order valence-corrected chi connectivity index (χ2v) is 6.90. The van der Waals surface area contributed by atoms with Crippen molar-refractivity contribution in [2.45, 2.75) is 0 Å². The average Bonchev–Trinajstić information content (AvgIpc) is 3.19. The molecule has 4 aromatic rings. The van der Waals surface area contributed by atoms with Gasteiger partial charge in [0, 0.05) is 18.3 Å². The summed E-state index contributed by atoms with van der Waals surface area (Å²) < 4.78 is 2.96. The van der Waals surface area contributed by atoms with Gasteiger partial charge in [0.1, 0.15) is 16.6 Å². The Morgan fingerprint density at radius 1 is 1.38 bits per heavy atom. The molecule has 26 heavy (non-hydrogen) atoms. The number of H-pyrrole nitrogens is 1. The number of aromatic amines is 1. The van der Waals surface area contributed by atoms with E-state index in [1.165, 1.54) is 23.5 Å². The van der Waals surface area contributed by atoms with E-state index < -0.39 is 5.23 Å². The van der Waals surface area contributed by atoms with Gasteiger partial charge in [-0.25, -0.2) is 10.2 Å². The zero-order valence-electron chi connectivity index (χ0n) is 13.1. The average molecular weight is 381 g/mol. The van der Waals surface area contributed by atoms with Gasteiger partial charge in [0.2, 0.25) is 0 Å². The number of nitrogens with zero attached hydrogens (tertiary/aromatic N) is 3. The van der Waals surface area contributed by atoms with Crippen LogP contribution in [-0.4, -0.2) is 19.7 Å². The summed E-state index contributed by atoms with van der Waals surface area (Å²) in [6.45, 7) is 0. The number of hydrogen-bond donors (Lipinski definition) is 3. The molecule has 4 rings (SSSR count). The van der Waals surface area contributed by atoms with Crippen LogP contribution < -0.4 is 5.23 Å². The summed E-state index contributed by atoms with van der Waals surface area (Å²) in [5.41, 5.74) is 2.60. The molecule has 1 unspecified atom stereocenters. The molecule has 9 heteroatoms. The van der Waals surface area contributed by atoms with Gasteiger partial charge in [-0.2, -0.15) is 10.5 Å². The highest BCUT2D eigenvalue weighted by atomic mass is 32.1. The van der Waals surface area contributed by atoms with E-state index in [0.717, 1.165) is 10.2 Å². The molecule has 0 saturated carbocycles. The lowest BCUT2D eigenvalue weighted by Gasteiger charge is -2.11. The number of thiazole rings is 1. The number of allylic oxidation sites excluding steroid dienone is 1. The van der Waals surface area contributed by atoms with Crippen molar-refractivity contribution in [2.24, 2.45) is 0 Å². The molecule has 2 aromatic heterocycles. The molecule has 0 bridgehead atoms. The molecule has 0 saturated heterocycles. The molecular formula is C17H11N5O2S2. The molecule has 3 N–H and O–H groups in total. The maximum absolute atomic E-state index is 11.2. The highest BCUT2D eigenvalue weighted by Crippen LogP contribution is 2.28. The van der Waals surface area contributed by atoms with Crippen LogP contribution in [0.2, 0.25) is 0 Å². The first-order valence-electron chi connectivity index (χ1n) is 7.52. The maximum atomic E-state index is 11.2. The van der Waals surface area contributed by atoms with Crippen molar-refractivity contribution in [1.82, 2.24) is 14.5 Å². The van der Waals surface area contributed by atoms with Gasteiger partial charge in [0.05, 0.1) is 21.3 Å². The molecule has 0 aliphatic carbocycles. The van der Waals surface area contributed by atoms with E-state index in [1.807, 2.05) is 24.3 Å². The van der Waals surface area contributed by atoms with Crippen LogP contribution in [-0.2, 0) is 0 Å². The van der Waals surface area contributed by atoms with Crippen LogP contribution in [0.5, 0.6) is 0 Å². The van der Waals surface area contributed by atoms with Crippen molar-refractivity contribution in [3.05, 3.63) is 57.5 Å². The van der Waals surface area contributed by atoms with E-state index in [-0.39, 0.29) is 5.69 Å². The Morgan fingerprint density at radius 3 is 2.92 bits per heavy atom. The summed E-state index contributed by atoms with van der Waals surface area (Å²) in [7, 11) is 0. The van der Waals surface area contributed by atoms with Crippen molar-refractivity contribution < 1.29 is 10.4 Å². The normalized spacial score (nSPS) is 13.2. The van der Waals surface area contributed by atoms with Crippen LogP contribution in [0.4, 0.5) is 5.69 Å². The lowest BCUT2D eigenvalue weighted by Crippen LogP contribution is -2.99. The second kappa shape index (κ2) is 6.45. The number of aromatic nitrogens is 3. The van der Waals surface area contributed by atoms with Gasteiger partial charge in [-0.15, -0.1) is 11.3 Å². The Hall–Kier alpha value is -2.87. The van der Waals surface area contributed by atoms with Crippen LogP contribution in [0.3, 0.4) is 0 Å². The fraction of sp³-hybridized carbons (Fsp3) is 0. The van der Waals surface area contributed by atoms with E-state index in [0.29, 0.717) is 26.4 Å². The third-order valence-corrected chi connectivity index (χ3v) is 5.24. The largest absolute Gasteiger partial charge is 0.595 e. The minimum atomic E-state index is -1.03. The van der Waals surface area contributed by atoms with Gasteiger partial charge in [0.15, 0.2) is 10.5 Å². The van der Waals surface area contributed by atoms with Crippen molar-refractivity contribution in [1.29, 1.82) is 5.26 Å². The molecule has 2 aromatic carbocycles. The van der Waals surface area contributed by atoms with E-state index in [1.54, 1.807) is 16.8 Å². The molecular weight excluding hydrogens is 370 g/mol. The number of para-hydroxylation sites is 1. The SMILES string of the molecule is N#C/C(=C\n1c(=S)[nH]c2ccc([NH+]([O-])O)cc21)c1nc2ccccc2s1. The van der Waals surface area contributed by atoms with Gasteiger partial charge in [-0.3, -0.25) is 4.57 Å². The zero-order chi connectivity index (χ0) is 18.3. The van der Waals surface area contributed by atoms with Crippen LogP contribution in [0.25, 0.3) is 33.0 Å². The van der Waals surface area contributed by atoms with Crippen LogP contribution in [0.15, 0.2) is 42.5 Å². The molecule has 0 aliphatic rings. The Labute approximate surface area is 156 Å². The third kappa shape index (κ3) is 2.82. The van der Waals surface area contributed by atoms with Gasteiger partial charge in [-0.05, 0) is 30.4 Å². The summed E-state index contributed by atoms with van der Waals surface area (Å²) in [5.74, 6) is 0. The summed E-state index contributed by atoms with van der Waals surface area (Å²) in [6.07, 6.45) is 1.59. The lowest BCUT2D eigenvalue weighted by molar-refractivity contribution is -0.991. The van der Waals surface area contributed by atoms with E-state index >= 15 is 0 Å². The number of imidazole rings is 1. The first-order chi connectivity index (χ1) is 12.6. The molecule has 128 valence electrons. The summed E-state index contributed by atoms with van der Waals surface area (Å²) in [5, 5.41) is 29.6. The molecule has 1 atom stereocenters. The van der Waals surface area contributed by atoms with E-state index in [4.69, 9.17) is 12.2 Å². The Bertz CT molecular complexity index is 1230. The minimum Gasteiger partial charge on any atom is -0.595 e. The van der Waals surface area contributed by atoms with Crippen molar-refractivity contribution in [2.75, 3.05) is 0 Å². The fourth-order valence-electron chi connectivity index (χ4n) is 2.63. The fourth-order valence-corrected chi connectivity index (χ4v) is 3.82. The predicted octanol–water partition coefficient (Wildman–Crippen LogP) is 3.23. The smallest absolute Gasteiger partial charge is 0.182 e. The Balaban J connectivity index is 1.90. The molecule has 7 nitrogen and oxygen atoms in total. The molecule has 0 radical (unpaired) electrons. The van der Waals surface area contributed by atoms with Gasteiger partial charge >= 0.3 is 0 Å². The van der Waals surface area contributed by atoms with Gasteiger partial charge in [-0.1, -0.05) is 12.1 Å². The van der Waals surface area contributed by atoms with Gasteiger partial charge < -0.3 is 10.2 Å². The van der Waals surface area contributed by atoms with E-state index in [9.17, 15) is 15.7 Å². The van der Waals surface area contributed by atoms with E-state index in [2.05, 4.69) is 16.0 Å². The van der Waals surface area contributed by atoms with Crippen LogP contribution in [0, 0.1) is 21.3 Å². The maximum Gasteiger partial charge on any atom is 0.182 e. The third-order valence-electron chi connectivity index (χ3n) is 3.87. The highest BCUT2D eigenvalue weighted by molar-refractivity contribution is 7.71. The molecule has 0 spiro atoms. The minimum absolute atomic E-state index is 0.146. The topological polar surface area (TPSA) is 105 Å². The van der Waals surface area contributed by atoms with Crippen LogP contribution in [0.1, 0.15) is 5.01 Å². The molecule has 2 heterocycles. The molecule has 0 fully saturated rings. The number of rotatable bonds is 3. The number of nitrogens with one attached hydrogen (secondary N) is 2. The first kappa shape index (κ1) is 16.6. The van der Waals surface area contributed by atoms with Crippen molar-refractivity contribution >= 4 is 62.3 Å². The monoisotopic (exact) mass is 381 g/mol. The quantitative estimate of drug-likeness (QED) is 0.287. The van der Waals surface area contributed by atoms with Crippen LogP contribution >= 0.6 is 23.6 Å². The Morgan fingerprint density at radius 2 is 2.19 bits per heavy atom. The number of hydrogen-bond acceptors (Lipinski definition) is 6. The van der Waals surface area contributed by atoms with Crippen molar-refractivity contribution in [3.8, 4) is 6.07 Å². The standard InChI is InChI=1S/C17H11N5O2S2/c18-8-10(16-19-13-3-1-2-4-15(13)26-16)9-21-14-7-11(22(23)24)5-6-12(14)20-17(21)25/h1-7,9,22-23H,(H,20,25)/b10-9+. The zero-order valence-corrected chi connectivity index (χ0v) is 14.8. The Kier molecular flexibility index (Phi) is 4.12. The second-order valence-electron chi connectivity index (χ2n) is 5.48.